The third-order valence-corrected chi connectivity index (χ3v) is 2.97. The molecule has 0 aliphatic rings. The van der Waals surface area contributed by atoms with Crippen LogP contribution in [0.1, 0.15) is 5.56 Å². The Labute approximate surface area is 113 Å². The number of nitrogens with one attached hydrogen (secondary N) is 2. The first-order valence-corrected chi connectivity index (χ1v) is 6.29. The van der Waals surface area contributed by atoms with Crippen molar-refractivity contribution < 1.29 is 4.79 Å². The summed E-state index contributed by atoms with van der Waals surface area (Å²) >= 11 is 5.99. The second-order valence-electron chi connectivity index (χ2n) is 4.44. The summed E-state index contributed by atoms with van der Waals surface area (Å²) < 4.78 is 0. The maximum absolute atomic E-state index is 11.7. The quantitative estimate of drug-likeness (QED) is 0.774. The Bertz CT molecular complexity index is 407. The zero-order chi connectivity index (χ0) is 13.5. The largest absolute Gasteiger partial charge is 0.325 e. The highest BCUT2D eigenvalue weighted by Gasteiger charge is 2.06. The number of carbonyl (C=O) groups is 1. The molecule has 18 heavy (non-hydrogen) atoms. The molecule has 0 unspecified atom stereocenters. The zero-order valence-electron chi connectivity index (χ0n) is 11.1. The van der Waals surface area contributed by atoms with Crippen LogP contribution >= 0.6 is 11.6 Å². The maximum atomic E-state index is 11.7. The molecule has 0 aliphatic heterocycles. The van der Waals surface area contributed by atoms with E-state index in [0.717, 1.165) is 24.3 Å². The van der Waals surface area contributed by atoms with Crippen LogP contribution in [-0.2, 0) is 4.79 Å². The molecule has 1 amide bonds. The molecule has 5 heteroatoms. The maximum Gasteiger partial charge on any atom is 0.238 e. The molecule has 0 aromatic heterocycles. The van der Waals surface area contributed by atoms with Gasteiger partial charge < -0.3 is 15.5 Å². The van der Waals surface area contributed by atoms with E-state index < -0.39 is 0 Å². The van der Waals surface area contributed by atoms with Crippen molar-refractivity contribution in [1.82, 2.24) is 10.2 Å². The lowest BCUT2D eigenvalue weighted by atomic mass is 10.2. The van der Waals surface area contributed by atoms with Crippen molar-refractivity contribution in [2.45, 2.75) is 6.92 Å². The number of hydrogen-bond acceptors (Lipinski definition) is 3. The standard InChI is InChI=1S/C13H20ClN3O/c1-10-11(14)5-4-6-12(10)16-13(18)9-15-7-8-17(2)3/h4-6,15H,7-9H2,1-3H3,(H,16,18). The summed E-state index contributed by atoms with van der Waals surface area (Å²) in [5.41, 5.74) is 1.66. The third kappa shape index (κ3) is 5.04. The second kappa shape index (κ2) is 7.36. The summed E-state index contributed by atoms with van der Waals surface area (Å²) in [6.45, 7) is 3.88. The molecule has 0 saturated heterocycles. The van der Waals surface area contributed by atoms with Gasteiger partial charge in [0.2, 0.25) is 5.91 Å². The fourth-order valence-corrected chi connectivity index (χ4v) is 1.62. The van der Waals surface area contributed by atoms with Crippen LogP contribution in [0, 0.1) is 6.92 Å². The normalized spacial score (nSPS) is 10.7. The van der Waals surface area contributed by atoms with E-state index in [4.69, 9.17) is 11.6 Å². The lowest BCUT2D eigenvalue weighted by Gasteiger charge is -2.12. The molecule has 0 aliphatic carbocycles. The number of anilines is 1. The number of nitrogens with zero attached hydrogens (tertiary/aromatic N) is 1. The highest BCUT2D eigenvalue weighted by atomic mass is 35.5. The average Bonchev–Trinajstić information content (AvgIpc) is 2.30. The second-order valence-corrected chi connectivity index (χ2v) is 4.85. The zero-order valence-corrected chi connectivity index (χ0v) is 11.8. The summed E-state index contributed by atoms with van der Waals surface area (Å²) in [6, 6.07) is 5.48. The Balaban J connectivity index is 2.38. The van der Waals surface area contributed by atoms with E-state index in [1.54, 1.807) is 0 Å². The van der Waals surface area contributed by atoms with E-state index in [9.17, 15) is 4.79 Å². The molecule has 0 saturated carbocycles. The Kier molecular flexibility index (Phi) is 6.12. The smallest absolute Gasteiger partial charge is 0.238 e. The van der Waals surface area contributed by atoms with E-state index >= 15 is 0 Å². The number of rotatable bonds is 6. The predicted octanol–water partition coefficient (Wildman–Crippen LogP) is 1.74. The molecular weight excluding hydrogens is 250 g/mol. The minimum atomic E-state index is -0.0564. The van der Waals surface area contributed by atoms with Crippen molar-refractivity contribution >= 4 is 23.2 Å². The topological polar surface area (TPSA) is 44.4 Å². The summed E-state index contributed by atoms with van der Waals surface area (Å²) in [7, 11) is 3.99. The monoisotopic (exact) mass is 269 g/mol. The summed E-state index contributed by atoms with van der Waals surface area (Å²) in [5.74, 6) is -0.0564. The molecule has 2 N–H and O–H groups in total. The number of hydrogen-bond donors (Lipinski definition) is 2. The number of amides is 1. The van der Waals surface area contributed by atoms with Crippen molar-refractivity contribution in [3.63, 3.8) is 0 Å². The number of benzene rings is 1. The molecule has 1 rings (SSSR count). The lowest BCUT2D eigenvalue weighted by molar-refractivity contribution is -0.115. The first-order valence-electron chi connectivity index (χ1n) is 5.91. The molecule has 1 aromatic carbocycles. The molecular formula is C13H20ClN3O. The Morgan fingerprint density at radius 2 is 2.11 bits per heavy atom. The van der Waals surface area contributed by atoms with Crippen molar-refractivity contribution in [3.8, 4) is 0 Å². The van der Waals surface area contributed by atoms with Gasteiger partial charge in [-0.3, -0.25) is 4.79 Å². The van der Waals surface area contributed by atoms with Gasteiger partial charge in [0.05, 0.1) is 6.54 Å². The van der Waals surface area contributed by atoms with Crippen LogP contribution < -0.4 is 10.6 Å². The Morgan fingerprint density at radius 1 is 1.39 bits per heavy atom. The number of halogens is 1. The van der Waals surface area contributed by atoms with E-state index in [2.05, 4.69) is 15.5 Å². The van der Waals surface area contributed by atoms with Gasteiger partial charge >= 0.3 is 0 Å². The molecule has 0 atom stereocenters. The average molecular weight is 270 g/mol. The van der Waals surface area contributed by atoms with E-state index in [1.807, 2.05) is 39.2 Å². The predicted molar refractivity (Wildman–Crippen MR) is 76.2 cm³/mol. The SMILES string of the molecule is Cc1c(Cl)cccc1NC(=O)CNCCN(C)C. The van der Waals surface area contributed by atoms with E-state index in [1.165, 1.54) is 0 Å². The molecule has 0 heterocycles. The first kappa shape index (κ1) is 15.0. The van der Waals surface area contributed by atoms with Crippen molar-refractivity contribution in [3.05, 3.63) is 28.8 Å². The Hall–Kier alpha value is -1.10. The van der Waals surface area contributed by atoms with Gasteiger partial charge in [-0.1, -0.05) is 17.7 Å². The first-order chi connectivity index (χ1) is 8.50. The molecule has 0 radical (unpaired) electrons. The molecule has 100 valence electrons. The number of carbonyl (C=O) groups excluding carboxylic acids is 1. The third-order valence-electron chi connectivity index (χ3n) is 2.56. The van der Waals surface area contributed by atoms with Crippen LogP contribution in [0.4, 0.5) is 5.69 Å². The highest BCUT2D eigenvalue weighted by molar-refractivity contribution is 6.31. The summed E-state index contributed by atoms with van der Waals surface area (Å²) in [6.07, 6.45) is 0. The number of likely N-dealkylation sites (N-methyl/N-ethyl adjacent to an activating group) is 1. The van der Waals surface area contributed by atoms with Gasteiger partial charge in [-0.2, -0.15) is 0 Å². The van der Waals surface area contributed by atoms with Gasteiger partial charge in [0.15, 0.2) is 0 Å². The van der Waals surface area contributed by atoms with Gasteiger partial charge in [0.25, 0.3) is 0 Å². The van der Waals surface area contributed by atoms with E-state index in [0.29, 0.717) is 11.6 Å². The fraction of sp³-hybridized carbons (Fsp3) is 0.462. The Morgan fingerprint density at radius 3 is 2.78 bits per heavy atom. The van der Waals surface area contributed by atoms with Gasteiger partial charge in [-0.05, 0) is 38.7 Å². The minimum Gasteiger partial charge on any atom is -0.325 e. The van der Waals surface area contributed by atoms with Gasteiger partial charge in [0, 0.05) is 23.8 Å². The van der Waals surface area contributed by atoms with Crippen LogP contribution in [0.15, 0.2) is 18.2 Å². The van der Waals surface area contributed by atoms with Crippen molar-refractivity contribution in [2.75, 3.05) is 39.0 Å². The lowest BCUT2D eigenvalue weighted by Crippen LogP contribution is -2.33. The van der Waals surface area contributed by atoms with Gasteiger partial charge in [-0.15, -0.1) is 0 Å². The minimum absolute atomic E-state index is 0.0564. The van der Waals surface area contributed by atoms with Crippen LogP contribution in [0.25, 0.3) is 0 Å². The van der Waals surface area contributed by atoms with Gasteiger partial charge in [0.1, 0.15) is 0 Å². The molecule has 0 spiro atoms. The van der Waals surface area contributed by atoms with E-state index in [-0.39, 0.29) is 5.91 Å². The van der Waals surface area contributed by atoms with Crippen molar-refractivity contribution in [2.24, 2.45) is 0 Å². The van der Waals surface area contributed by atoms with Crippen molar-refractivity contribution in [1.29, 1.82) is 0 Å². The van der Waals surface area contributed by atoms with Crippen LogP contribution in [0.5, 0.6) is 0 Å². The molecule has 1 aromatic rings. The van der Waals surface area contributed by atoms with Crippen LogP contribution in [-0.4, -0.2) is 44.5 Å². The summed E-state index contributed by atoms with van der Waals surface area (Å²) in [4.78, 5) is 13.8. The molecule has 0 bridgehead atoms. The highest BCUT2D eigenvalue weighted by Crippen LogP contribution is 2.22. The van der Waals surface area contributed by atoms with Crippen LogP contribution in [0.2, 0.25) is 5.02 Å². The fourth-order valence-electron chi connectivity index (χ4n) is 1.44. The summed E-state index contributed by atoms with van der Waals surface area (Å²) in [5, 5.41) is 6.58. The van der Waals surface area contributed by atoms with Gasteiger partial charge in [-0.25, -0.2) is 0 Å². The molecule has 0 fully saturated rings. The molecule has 4 nitrogen and oxygen atoms in total. The van der Waals surface area contributed by atoms with Crippen LogP contribution in [0.3, 0.4) is 0 Å².